The lowest BCUT2D eigenvalue weighted by Crippen LogP contribution is -2.51. The van der Waals surface area contributed by atoms with E-state index in [1.54, 1.807) is 0 Å². The molecule has 1 aliphatic rings. The average Bonchev–Trinajstić information content (AvgIpc) is 3.11. The largest absolute Gasteiger partial charge is 0.445 e. The highest BCUT2D eigenvalue weighted by Crippen LogP contribution is 2.20. The van der Waals surface area contributed by atoms with E-state index in [1.807, 2.05) is 91.0 Å². The van der Waals surface area contributed by atoms with Gasteiger partial charge in [0.15, 0.2) is 0 Å². The number of imide groups is 1. The number of aliphatic hydroxyl groups excluding tert-OH is 1. The molecule has 1 aliphatic heterocycles. The fraction of sp³-hybridized carbons (Fsp3) is 0.389. The molecule has 3 aromatic rings. The van der Waals surface area contributed by atoms with E-state index >= 15 is 0 Å². The normalized spacial score (nSPS) is 13.6. The van der Waals surface area contributed by atoms with Gasteiger partial charge in [0.1, 0.15) is 12.7 Å². The lowest BCUT2D eigenvalue weighted by atomic mass is 9.96. The number of hydrogen-bond donors (Lipinski definition) is 3. The van der Waals surface area contributed by atoms with E-state index in [2.05, 4.69) is 10.6 Å². The summed E-state index contributed by atoms with van der Waals surface area (Å²) in [6.07, 6.45) is -0.0821. The van der Waals surface area contributed by atoms with Crippen LogP contribution in [0.2, 0.25) is 0 Å². The Morgan fingerprint density at radius 2 is 1.43 bits per heavy atom. The maximum Gasteiger partial charge on any atom is 0.407 e. The molecular weight excluding hydrogens is 600 g/mol. The zero-order valence-corrected chi connectivity index (χ0v) is 26.6. The van der Waals surface area contributed by atoms with Crippen LogP contribution in [0.1, 0.15) is 42.4 Å². The summed E-state index contributed by atoms with van der Waals surface area (Å²) >= 11 is 0. The summed E-state index contributed by atoms with van der Waals surface area (Å²) in [6.45, 7) is 1.45. The number of nitrogens with one attached hydrogen (secondary N) is 2. The summed E-state index contributed by atoms with van der Waals surface area (Å²) in [5.41, 5.74) is 2.48. The van der Waals surface area contributed by atoms with Crippen LogP contribution in [0.3, 0.4) is 0 Å². The van der Waals surface area contributed by atoms with Crippen molar-refractivity contribution in [3.63, 3.8) is 0 Å². The number of rotatable bonds is 15. The topological polar surface area (TPSA) is 138 Å². The molecule has 250 valence electrons. The number of carbonyl (C=O) groups excluding carboxylic acids is 4. The molecule has 11 nitrogen and oxygen atoms in total. The molecule has 3 N–H and O–H groups in total. The number of alkyl carbamates (subject to hydrolysis) is 1. The van der Waals surface area contributed by atoms with Crippen LogP contribution in [0, 0.1) is 5.92 Å². The van der Waals surface area contributed by atoms with Gasteiger partial charge in [0.2, 0.25) is 5.91 Å². The Labute approximate surface area is 275 Å². The van der Waals surface area contributed by atoms with Crippen molar-refractivity contribution in [2.75, 3.05) is 32.8 Å². The predicted octanol–water partition coefficient (Wildman–Crippen LogP) is 4.25. The van der Waals surface area contributed by atoms with E-state index in [1.165, 1.54) is 9.80 Å². The molecule has 0 unspecified atom stereocenters. The molecule has 4 rings (SSSR count). The number of amides is 5. The van der Waals surface area contributed by atoms with Crippen molar-refractivity contribution in [3.8, 4) is 0 Å². The molecule has 11 heteroatoms. The van der Waals surface area contributed by atoms with Gasteiger partial charge in [-0.05, 0) is 41.9 Å². The van der Waals surface area contributed by atoms with Crippen LogP contribution >= 0.6 is 0 Å². The molecule has 47 heavy (non-hydrogen) atoms. The van der Waals surface area contributed by atoms with Crippen LogP contribution in [-0.4, -0.2) is 77.8 Å². The highest BCUT2D eigenvalue weighted by atomic mass is 16.5. The zero-order chi connectivity index (χ0) is 33.3. The average molecular weight is 645 g/mol. The van der Waals surface area contributed by atoms with Gasteiger partial charge < -0.3 is 30.1 Å². The van der Waals surface area contributed by atoms with E-state index in [-0.39, 0.29) is 51.7 Å². The monoisotopic (exact) mass is 644 g/mol. The van der Waals surface area contributed by atoms with Crippen molar-refractivity contribution in [1.29, 1.82) is 0 Å². The Morgan fingerprint density at radius 1 is 0.830 bits per heavy atom. The molecule has 0 spiro atoms. The highest BCUT2D eigenvalue weighted by Gasteiger charge is 2.30. The third kappa shape index (κ3) is 12.2. The Kier molecular flexibility index (Phi) is 14.2. The number of ether oxygens (including phenoxy) is 2. The van der Waals surface area contributed by atoms with Gasteiger partial charge in [0, 0.05) is 45.8 Å². The van der Waals surface area contributed by atoms with Crippen LogP contribution in [0.4, 0.5) is 9.59 Å². The van der Waals surface area contributed by atoms with E-state index in [4.69, 9.17) is 9.47 Å². The number of aliphatic hydroxyl groups is 1. The first-order valence-electron chi connectivity index (χ1n) is 16.0. The Hall–Kier alpha value is -4.74. The number of hydrogen-bond acceptors (Lipinski definition) is 7. The summed E-state index contributed by atoms with van der Waals surface area (Å²) < 4.78 is 10.7. The fourth-order valence-electron chi connectivity index (χ4n) is 5.23. The molecule has 1 atom stereocenters. The molecule has 0 saturated carbocycles. The van der Waals surface area contributed by atoms with Crippen molar-refractivity contribution >= 4 is 23.9 Å². The zero-order valence-electron chi connectivity index (χ0n) is 26.6. The van der Waals surface area contributed by atoms with Crippen molar-refractivity contribution in [3.05, 3.63) is 108 Å². The van der Waals surface area contributed by atoms with Crippen molar-refractivity contribution in [2.45, 2.75) is 51.5 Å². The quantitative estimate of drug-likeness (QED) is 0.225. The van der Waals surface area contributed by atoms with E-state index in [0.29, 0.717) is 19.6 Å². The smallest absolute Gasteiger partial charge is 0.407 e. The minimum atomic E-state index is -1.53. The summed E-state index contributed by atoms with van der Waals surface area (Å²) in [6, 6.07) is 27.1. The van der Waals surface area contributed by atoms with Crippen LogP contribution in [0.15, 0.2) is 91.0 Å². The van der Waals surface area contributed by atoms with E-state index in [9.17, 15) is 24.3 Å². The molecule has 0 bridgehead atoms. The molecule has 1 heterocycles. The van der Waals surface area contributed by atoms with Crippen LogP contribution in [-0.2, 0) is 38.8 Å². The molecule has 0 aromatic heterocycles. The first-order chi connectivity index (χ1) is 22.9. The van der Waals surface area contributed by atoms with Crippen molar-refractivity contribution in [2.24, 2.45) is 5.92 Å². The SMILES string of the molecule is O=C(NCCC(=O)N(CCC1CCOCC1)C(=O)N(Cc1ccccc1)C[C@H](O)C(=O)NCc1ccccc1)OCc1ccccc1. The van der Waals surface area contributed by atoms with Crippen LogP contribution in [0.5, 0.6) is 0 Å². The molecular formula is C36H44N4O7. The van der Waals surface area contributed by atoms with Crippen LogP contribution in [0.25, 0.3) is 0 Å². The first-order valence-corrected chi connectivity index (χ1v) is 16.0. The minimum absolute atomic E-state index is 0.0310. The van der Waals surface area contributed by atoms with Gasteiger partial charge in [-0.1, -0.05) is 91.0 Å². The summed E-state index contributed by atoms with van der Waals surface area (Å²) in [5.74, 6) is -0.820. The molecule has 3 aromatic carbocycles. The highest BCUT2D eigenvalue weighted by molar-refractivity contribution is 5.95. The van der Waals surface area contributed by atoms with Gasteiger partial charge in [0.05, 0.1) is 6.54 Å². The second-order valence-electron chi connectivity index (χ2n) is 11.5. The summed E-state index contributed by atoms with van der Waals surface area (Å²) in [4.78, 5) is 55.3. The maximum absolute atomic E-state index is 14.1. The van der Waals surface area contributed by atoms with Crippen LogP contribution < -0.4 is 10.6 Å². The lowest BCUT2D eigenvalue weighted by Gasteiger charge is -2.32. The third-order valence-electron chi connectivity index (χ3n) is 7.95. The Morgan fingerprint density at radius 3 is 2.06 bits per heavy atom. The second kappa shape index (κ2) is 19.0. The Bertz CT molecular complexity index is 1400. The number of urea groups is 1. The molecule has 5 amide bonds. The van der Waals surface area contributed by atoms with E-state index in [0.717, 1.165) is 29.5 Å². The molecule has 0 radical (unpaired) electrons. The van der Waals surface area contributed by atoms with Gasteiger partial charge in [-0.25, -0.2) is 9.59 Å². The predicted molar refractivity (Wildman–Crippen MR) is 176 cm³/mol. The summed E-state index contributed by atoms with van der Waals surface area (Å²) in [5, 5.41) is 16.2. The minimum Gasteiger partial charge on any atom is -0.445 e. The van der Waals surface area contributed by atoms with Gasteiger partial charge >= 0.3 is 12.1 Å². The summed E-state index contributed by atoms with van der Waals surface area (Å²) in [7, 11) is 0. The van der Waals surface area contributed by atoms with Gasteiger partial charge in [-0.2, -0.15) is 0 Å². The van der Waals surface area contributed by atoms with Gasteiger partial charge in [-0.15, -0.1) is 0 Å². The van der Waals surface area contributed by atoms with Gasteiger partial charge in [-0.3, -0.25) is 14.5 Å². The maximum atomic E-state index is 14.1. The van der Waals surface area contributed by atoms with Crippen molar-refractivity contribution in [1.82, 2.24) is 20.4 Å². The fourth-order valence-corrected chi connectivity index (χ4v) is 5.23. The number of benzene rings is 3. The number of nitrogens with zero attached hydrogens (tertiary/aromatic N) is 2. The Balaban J connectivity index is 1.42. The standard InChI is InChI=1S/C36H44N4O7/c41-32(34(43)38-24-29-10-4-1-5-11-29)26-39(25-30-12-6-2-7-13-30)36(45)40(21-17-28-18-22-46-23-19-28)33(42)16-20-37-35(44)47-27-31-14-8-3-9-15-31/h1-15,28,32,41H,16-27H2,(H,37,44)(H,38,43)/t32-/m0/s1. The first kappa shape index (κ1) is 35.1. The number of carbonyl (C=O) groups is 4. The molecule has 0 aliphatic carbocycles. The molecule has 1 saturated heterocycles. The molecule has 1 fully saturated rings. The van der Waals surface area contributed by atoms with Gasteiger partial charge in [0.25, 0.3) is 5.91 Å². The van der Waals surface area contributed by atoms with E-state index < -0.39 is 30.0 Å². The van der Waals surface area contributed by atoms with Crippen molar-refractivity contribution < 1.29 is 33.8 Å². The second-order valence-corrected chi connectivity index (χ2v) is 11.5. The third-order valence-corrected chi connectivity index (χ3v) is 7.95. The lowest BCUT2D eigenvalue weighted by molar-refractivity contribution is -0.130.